The number of piperidine rings is 1. The molecule has 1 unspecified atom stereocenters. The summed E-state index contributed by atoms with van der Waals surface area (Å²) in [6.07, 6.45) is 0.886. The molecule has 2 amide bonds. The average Bonchev–Trinajstić information content (AvgIpc) is 2.46. The lowest BCUT2D eigenvalue weighted by Crippen LogP contribution is -2.50. The van der Waals surface area contributed by atoms with Gasteiger partial charge >= 0.3 is 0 Å². The molecule has 0 bridgehead atoms. The fourth-order valence-electron chi connectivity index (χ4n) is 2.10. The number of carbonyl (C=O) groups is 2. The third-order valence-corrected chi connectivity index (χ3v) is 3.20. The number of rotatable bonds is 5. The molecule has 1 aromatic carbocycles. The maximum atomic E-state index is 11.6. The summed E-state index contributed by atoms with van der Waals surface area (Å²) in [5.41, 5.74) is 0.950. The van der Waals surface area contributed by atoms with Crippen molar-refractivity contribution in [2.75, 3.05) is 14.2 Å². The first-order valence-electron chi connectivity index (χ1n) is 6.41. The number of ether oxygens (including phenoxy) is 2. The Morgan fingerprint density at radius 1 is 1.20 bits per heavy atom. The second-order valence-corrected chi connectivity index (χ2v) is 4.61. The zero-order chi connectivity index (χ0) is 14.5. The van der Waals surface area contributed by atoms with Gasteiger partial charge in [0.05, 0.1) is 20.3 Å². The summed E-state index contributed by atoms with van der Waals surface area (Å²) in [7, 11) is 3.18. The molecular weight excluding hydrogens is 260 g/mol. The molecular formula is C14H18N2O4. The van der Waals surface area contributed by atoms with Crippen LogP contribution in [0.15, 0.2) is 18.2 Å². The molecule has 0 saturated carbocycles. The third-order valence-electron chi connectivity index (χ3n) is 3.20. The predicted octanol–water partition coefficient (Wildman–Crippen LogP) is 0.599. The number of amides is 2. The van der Waals surface area contributed by atoms with Gasteiger partial charge in [0.25, 0.3) is 0 Å². The summed E-state index contributed by atoms with van der Waals surface area (Å²) in [4.78, 5) is 22.7. The van der Waals surface area contributed by atoms with Crippen molar-refractivity contribution in [1.82, 2.24) is 10.6 Å². The topological polar surface area (TPSA) is 76.7 Å². The summed E-state index contributed by atoms with van der Waals surface area (Å²) in [6, 6.07) is 5.20. The van der Waals surface area contributed by atoms with Crippen LogP contribution in [0.5, 0.6) is 11.5 Å². The van der Waals surface area contributed by atoms with E-state index in [4.69, 9.17) is 9.47 Å². The van der Waals surface area contributed by atoms with Crippen LogP contribution in [0, 0.1) is 0 Å². The normalized spacial score (nSPS) is 18.6. The van der Waals surface area contributed by atoms with Crippen LogP contribution in [-0.4, -0.2) is 32.1 Å². The van der Waals surface area contributed by atoms with Crippen LogP contribution in [0.1, 0.15) is 18.4 Å². The van der Waals surface area contributed by atoms with Crippen LogP contribution < -0.4 is 20.1 Å². The number of hydrogen-bond acceptors (Lipinski definition) is 5. The molecule has 0 spiro atoms. The molecule has 108 valence electrons. The Labute approximate surface area is 117 Å². The monoisotopic (exact) mass is 278 g/mol. The smallest absolute Gasteiger partial charge is 0.243 e. The molecule has 0 radical (unpaired) electrons. The Balaban J connectivity index is 1.99. The number of methoxy groups -OCH3 is 2. The van der Waals surface area contributed by atoms with Gasteiger partial charge in [0.2, 0.25) is 11.8 Å². The molecule has 1 aliphatic heterocycles. The van der Waals surface area contributed by atoms with Crippen molar-refractivity contribution in [3.63, 3.8) is 0 Å². The molecule has 1 saturated heterocycles. The van der Waals surface area contributed by atoms with E-state index >= 15 is 0 Å². The first-order chi connectivity index (χ1) is 9.62. The standard InChI is InChI=1S/C14H18N2O4/c1-19-10-5-9(6-11(7-10)20-2)8-15-12-3-4-13(17)16-14(12)18/h5-7,12,15H,3-4,8H2,1-2H3,(H,16,17,18). The Bertz CT molecular complexity index is 494. The lowest BCUT2D eigenvalue weighted by Gasteiger charge is -2.22. The van der Waals surface area contributed by atoms with E-state index in [0.29, 0.717) is 30.9 Å². The van der Waals surface area contributed by atoms with Crippen LogP contribution in [0.25, 0.3) is 0 Å². The highest BCUT2D eigenvalue weighted by molar-refractivity contribution is 6.00. The average molecular weight is 278 g/mol. The van der Waals surface area contributed by atoms with E-state index in [9.17, 15) is 9.59 Å². The lowest BCUT2D eigenvalue weighted by atomic mass is 10.1. The second kappa shape index (κ2) is 6.38. The van der Waals surface area contributed by atoms with E-state index < -0.39 is 0 Å². The van der Waals surface area contributed by atoms with E-state index in [-0.39, 0.29) is 17.9 Å². The van der Waals surface area contributed by atoms with Gasteiger partial charge in [-0.25, -0.2) is 0 Å². The molecule has 0 aromatic heterocycles. The zero-order valence-electron chi connectivity index (χ0n) is 11.6. The molecule has 1 atom stereocenters. The summed E-state index contributed by atoms with van der Waals surface area (Å²) < 4.78 is 10.4. The van der Waals surface area contributed by atoms with Gasteiger partial charge in [-0.1, -0.05) is 0 Å². The number of imide groups is 1. The van der Waals surface area contributed by atoms with E-state index in [1.54, 1.807) is 20.3 Å². The largest absolute Gasteiger partial charge is 0.497 e. The molecule has 0 aliphatic carbocycles. The minimum Gasteiger partial charge on any atom is -0.497 e. The number of hydrogen-bond donors (Lipinski definition) is 2. The molecule has 2 rings (SSSR count). The van der Waals surface area contributed by atoms with Gasteiger partial charge in [-0.3, -0.25) is 14.9 Å². The van der Waals surface area contributed by atoms with Crippen molar-refractivity contribution < 1.29 is 19.1 Å². The van der Waals surface area contributed by atoms with Crippen molar-refractivity contribution in [2.24, 2.45) is 0 Å². The minimum atomic E-state index is -0.343. The molecule has 2 N–H and O–H groups in total. The van der Waals surface area contributed by atoms with Crippen LogP contribution in [-0.2, 0) is 16.1 Å². The number of benzene rings is 1. The first kappa shape index (κ1) is 14.3. The molecule has 1 heterocycles. The zero-order valence-corrected chi connectivity index (χ0v) is 11.6. The highest BCUT2D eigenvalue weighted by atomic mass is 16.5. The Hall–Kier alpha value is -2.08. The van der Waals surface area contributed by atoms with Gasteiger partial charge in [0, 0.05) is 19.0 Å². The van der Waals surface area contributed by atoms with Gasteiger partial charge in [0.1, 0.15) is 11.5 Å². The van der Waals surface area contributed by atoms with Crippen molar-refractivity contribution in [3.8, 4) is 11.5 Å². The van der Waals surface area contributed by atoms with Crippen molar-refractivity contribution >= 4 is 11.8 Å². The van der Waals surface area contributed by atoms with Crippen molar-refractivity contribution in [3.05, 3.63) is 23.8 Å². The van der Waals surface area contributed by atoms with E-state index in [1.807, 2.05) is 12.1 Å². The van der Waals surface area contributed by atoms with Crippen molar-refractivity contribution in [1.29, 1.82) is 0 Å². The summed E-state index contributed by atoms with van der Waals surface area (Å²) >= 11 is 0. The van der Waals surface area contributed by atoms with Crippen LogP contribution in [0.4, 0.5) is 0 Å². The van der Waals surface area contributed by atoms with Gasteiger partial charge in [-0.15, -0.1) is 0 Å². The van der Waals surface area contributed by atoms with Crippen LogP contribution in [0.3, 0.4) is 0 Å². The van der Waals surface area contributed by atoms with E-state index in [1.165, 1.54) is 0 Å². The van der Waals surface area contributed by atoms with Crippen LogP contribution >= 0.6 is 0 Å². The van der Waals surface area contributed by atoms with E-state index in [2.05, 4.69) is 10.6 Å². The van der Waals surface area contributed by atoms with E-state index in [0.717, 1.165) is 5.56 Å². The predicted molar refractivity (Wildman–Crippen MR) is 72.6 cm³/mol. The quantitative estimate of drug-likeness (QED) is 0.771. The molecule has 20 heavy (non-hydrogen) atoms. The van der Waals surface area contributed by atoms with Gasteiger partial charge in [-0.2, -0.15) is 0 Å². The third kappa shape index (κ3) is 3.48. The molecule has 6 heteroatoms. The first-order valence-corrected chi connectivity index (χ1v) is 6.41. The second-order valence-electron chi connectivity index (χ2n) is 4.61. The maximum absolute atomic E-state index is 11.6. The molecule has 1 aliphatic rings. The minimum absolute atomic E-state index is 0.212. The summed E-state index contributed by atoms with van der Waals surface area (Å²) in [5.74, 6) is 0.918. The lowest BCUT2D eigenvalue weighted by molar-refractivity contribution is -0.134. The number of nitrogens with one attached hydrogen (secondary N) is 2. The fraction of sp³-hybridized carbons (Fsp3) is 0.429. The fourth-order valence-corrected chi connectivity index (χ4v) is 2.10. The maximum Gasteiger partial charge on any atom is 0.243 e. The Morgan fingerprint density at radius 2 is 1.85 bits per heavy atom. The van der Waals surface area contributed by atoms with Crippen molar-refractivity contribution in [2.45, 2.75) is 25.4 Å². The highest BCUT2D eigenvalue weighted by Crippen LogP contribution is 2.22. The van der Waals surface area contributed by atoms with Gasteiger partial charge in [-0.05, 0) is 24.1 Å². The van der Waals surface area contributed by atoms with Gasteiger partial charge < -0.3 is 14.8 Å². The Kier molecular flexibility index (Phi) is 4.57. The molecule has 1 fully saturated rings. The SMILES string of the molecule is COc1cc(CNC2CCC(=O)NC2=O)cc(OC)c1. The Morgan fingerprint density at radius 3 is 2.40 bits per heavy atom. The molecule has 1 aromatic rings. The highest BCUT2D eigenvalue weighted by Gasteiger charge is 2.25. The summed E-state index contributed by atoms with van der Waals surface area (Å²) in [5, 5.41) is 5.46. The molecule has 6 nitrogen and oxygen atoms in total. The van der Waals surface area contributed by atoms with Crippen LogP contribution in [0.2, 0.25) is 0 Å². The number of carbonyl (C=O) groups excluding carboxylic acids is 2. The van der Waals surface area contributed by atoms with Gasteiger partial charge in [0.15, 0.2) is 0 Å². The summed E-state index contributed by atoms with van der Waals surface area (Å²) in [6.45, 7) is 0.500.